The van der Waals surface area contributed by atoms with E-state index in [1.54, 1.807) is 23.3 Å². The van der Waals surface area contributed by atoms with Crippen molar-refractivity contribution < 1.29 is 9.21 Å². The molecule has 2 aliphatic rings. The third-order valence-corrected chi connectivity index (χ3v) is 5.36. The van der Waals surface area contributed by atoms with Crippen LogP contribution in [0.5, 0.6) is 0 Å². The van der Waals surface area contributed by atoms with E-state index in [0.29, 0.717) is 5.76 Å². The van der Waals surface area contributed by atoms with Gasteiger partial charge in [0.25, 0.3) is 5.56 Å². The van der Waals surface area contributed by atoms with Crippen molar-refractivity contribution in [3.63, 3.8) is 0 Å². The standard InChI is InChI=1S/C21H22N4O4/c22-11-15-12-24(17-8-9-17)21(28)25(20(15)27)14-19(26)23(13-18-7-4-10-29-18)16-5-2-1-3-6-16/h4-5,7,10,12,17H,1-3,6,8-9,13-14H2. The van der Waals surface area contributed by atoms with Crippen LogP contribution in [0.3, 0.4) is 0 Å². The van der Waals surface area contributed by atoms with Gasteiger partial charge < -0.3 is 9.32 Å². The van der Waals surface area contributed by atoms with Gasteiger partial charge in [0.05, 0.1) is 12.8 Å². The number of amides is 1. The minimum absolute atomic E-state index is 0.00294. The number of nitriles is 1. The molecule has 150 valence electrons. The van der Waals surface area contributed by atoms with Crippen molar-refractivity contribution >= 4 is 5.91 Å². The minimum Gasteiger partial charge on any atom is -0.467 e. The first-order valence-electron chi connectivity index (χ1n) is 9.86. The molecule has 2 aromatic heterocycles. The summed E-state index contributed by atoms with van der Waals surface area (Å²) >= 11 is 0. The van der Waals surface area contributed by atoms with Crippen LogP contribution in [0.25, 0.3) is 0 Å². The Balaban J connectivity index is 1.68. The van der Waals surface area contributed by atoms with Crippen LogP contribution in [-0.4, -0.2) is 19.9 Å². The molecule has 1 saturated carbocycles. The molecule has 8 nitrogen and oxygen atoms in total. The van der Waals surface area contributed by atoms with Crippen LogP contribution in [0.15, 0.2) is 50.4 Å². The van der Waals surface area contributed by atoms with E-state index < -0.39 is 17.8 Å². The zero-order chi connectivity index (χ0) is 20.4. The molecule has 0 atom stereocenters. The first kappa shape index (κ1) is 19.0. The van der Waals surface area contributed by atoms with Crippen molar-refractivity contribution in [2.75, 3.05) is 0 Å². The van der Waals surface area contributed by atoms with Crippen molar-refractivity contribution in [2.45, 2.75) is 57.7 Å². The summed E-state index contributed by atoms with van der Waals surface area (Å²) in [4.78, 5) is 40.2. The Labute approximate surface area is 167 Å². The fraction of sp³-hybridized carbons (Fsp3) is 0.429. The van der Waals surface area contributed by atoms with Crippen LogP contribution in [0.1, 0.15) is 55.9 Å². The van der Waals surface area contributed by atoms with Crippen LogP contribution in [0, 0.1) is 11.3 Å². The number of carbonyl (C=O) groups is 1. The van der Waals surface area contributed by atoms with E-state index in [4.69, 9.17) is 4.42 Å². The molecule has 1 amide bonds. The summed E-state index contributed by atoms with van der Waals surface area (Å²) in [6.07, 6.45) is 10.2. The van der Waals surface area contributed by atoms with Gasteiger partial charge in [-0.2, -0.15) is 5.26 Å². The summed E-state index contributed by atoms with van der Waals surface area (Å²) in [7, 11) is 0. The maximum absolute atomic E-state index is 13.2. The second-order valence-corrected chi connectivity index (χ2v) is 7.47. The van der Waals surface area contributed by atoms with Gasteiger partial charge in [0, 0.05) is 17.9 Å². The van der Waals surface area contributed by atoms with Gasteiger partial charge in [0.2, 0.25) is 5.91 Å². The van der Waals surface area contributed by atoms with Gasteiger partial charge in [0.15, 0.2) is 0 Å². The van der Waals surface area contributed by atoms with Gasteiger partial charge in [-0.3, -0.25) is 14.2 Å². The Morgan fingerprint density at radius 1 is 1.31 bits per heavy atom. The molecule has 29 heavy (non-hydrogen) atoms. The van der Waals surface area contributed by atoms with E-state index in [-0.39, 0.29) is 24.1 Å². The number of hydrogen-bond donors (Lipinski definition) is 0. The van der Waals surface area contributed by atoms with Gasteiger partial charge in [-0.05, 0) is 50.7 Å². The zero-order valence-corrected chi connectivity index (χ0v) is 16.0. The van der Waals surface area contributed by atoms with E-state index >= 15 is 0 Å². The lowest BCUT2D eigenvalue weighted by Gasteiger charge is -2.27. The average molecular weight is 394 g/mol. The van der Waals surface area contributed by atoms with Crippen molar-refractivity contribution in [1.29, 1.82) is 5.26 Å². The Kier molecular flexibility index (Phi) is 5.21. The number of rotatable bonds is 6. The van der Waals surface area contributed by atoms with Crippen LogP contribution >= 0.6 is 0 Å². The number of aromatic nitrogens is 2. The third kappa shape index (κ3) is 3.94. The van der Waals surface area contributed by atoms with Gasteiger partial charge in [-0.1, -0.05) is 6.08 Å². The maximum Gasteiger partial charge on any atom is 0.331 e. The van der Waals surface area contributed by atoms with Crippen molar-refractivity contribution in [1.82, 2.24) is 14.0 Å². The molecule has 2 aromatic rings. The second kappa shape index (κ2) is 7.95. The number of carbonyl (C=O) groups excluding carboxylic acids is 1. The highest BCUT2D eigenvalue weighted by molar-refractivity contribution is 5.78. The molecular weight excluding hydrogens is 372 g/mol. The van der Waals surface area contributed by atoms with Crippen LogP contribution in [0.4, 0.5) is 0 Å². The highest BCUT2D eigenvalue weighted by atomic mass is 16.3. The molecule has 1 fully saturated rings. The number of hydrogen-bond acceptors (Lipinski definition) is 5. The summed E-state index contributed by atoms with van der Waals surface area (Å²) in [6, 6.07) is 5.38. The first-order chi connectivity index (χ1) is 14.1. The van der Waals surface area contributed by atoms with Crippen LogP contribution in [-0.2, 0) is 17.9 Å². The SMILES string of the molecule is N#Cc1cn(C2CC2)c(=O)n(CC(=O)N(Cc2ccco2)C2=CCCCC2)c1=O. The molecule has 0 spiro atoms. The quantitative estimate of drug-likeness (QED) is 0.748. The third-order valence-electron chi connectivity index (χ3n) is 5.36. The van der Waals surface area contributed by atoms with Crippen molar-refractivity contribution in [2.24, 2.45) is 0 Å². The first-order valence-corrected chi connectivity index (χ1v) is 9.86. The number of allylic oxidation sites excluding steroid dienone is 2. The fourth-order valence-corrected chi connectivity index (χ4v) is 3.65. The van der Waals surface area contributed by atoms with E-state index in [1.165, 1.54) is 10.8 Å². The predicted octanol–water partition coefficient (Wildman–Crippen LogP) is 2.30. The molecule has 4 rings (SSSR count). The Hall–Kier alpha value is -3.34. The summed E-state index contributed by atoms with van der Waals surface area (Å²) < 4.78 is 7.69. The molecule has 8 heteroatoms. The zero-order valence-electron chi connectivity index (χ0n) is 16.0. The Morgan fingerprint density at radius 2 is 2.14 bits per heavy atom. The molecule has 0 saturated heterocycles. The lowest BCUT2D eigenvalue weighted by molar-refractivity contribution is -0.131. The van der Waals surface area contributed by atoms with Gasteiger partial charge in [0.1, 0.15) is 23.9 Å². The van der Waals surface area contributed by atoms with Gasteiger partial charge >= 0.3 is 5.69 Å². The molecule has 2 aliphatic carbocycles. The van der Waals surface area contributed by atoms with Crippen LogP contribution in [0.2, 0.25) is 0 Å². The van der Waals surface area contributed by atoms with E-state index in [9.17, 15) is 19.6 Å². The normalized spacial score (nSPS) is 16.2. The molecule has 0 aromatic carbocycles. The fourth-order valence-electron chi connectivity index (χ4n) is 3.65. The minimum atomic E-state index is -0.724. The van der Waals surface area contributed by atoms with E-state index in [2.05, 4.69) is 0 Å². The maximum atomic E-state index is 13.2. The highest BCUT2D eigenvalue weighted by Gasteiger charge is 2.28. The topological polar surface area (TPSA) is 101 Å². The predicted molar refractivity (Wildman–Crippen MR) is 104 cm³/mol. The smallest absolute Gasteiger partial charge is 0.331 e. The molecule has 0 radical (unpaired) electrons. The lowest BCUT2D eigenvalue weighted by Crippen LogP contribution is -2.45. The Morgan fingerprint density at radius 3 is 2.76 bits per heavy atom. The average Bonchev–Trinajstić information content (AvgIpc) is 3.45. The summed E-state index contributed by atoms with van der Waals surface area (Å²) in [5.41, 5.74) is -0.512. The molecule has 2 heterocycles. The highest BCUT2D eigenvalue weighted by Crippen LogP contribution is 2.33. The largest absolute Gasteiger partial charge is 0.467 e. The molecular formula is C21H22N4O4. The summed E-state index contributed by atoms with van der Waals surface area (Å²) in [5.74, 6) is 0.254. The lowest BCUT2D eigenvalue weighted by atomic mass is 10.0. The molecule has 0 N–H and O–H groups in total. The van der Waals surface area contributed by atoms with Crippen molar-refractivity contribution in [3.8, 4) is 6.07 Å². The molecule has 0 aliphatic heterocycles. The van der Waals surface area contributed by atoms with Crippen molar-refractivity contribution in [3.05, 3.63) is 68.5 Å². The van der Waals surface area contributed by atoms with Gasteiger partial charge in [-0.15, -0.1) is 0 Å². The molecule has 0 unspecified atom stereocenters. The second-order valence-electron chi connectivity index (χ2n) is 7.47. The summed E-state index contributed by atoms with van der Waals surface area (Å²) in [5, 5.41) is 9.28. The number of furan rings is 1. The molecule has 0 bridgehead atoms. The monoisotopic (exact) mass is 394 g/mol. The van der Waals surface area contributed by atoms with E-state index in [0.717, 1.165) is 48.8 Å². The summed E-state index contributed by atoms with van der Waals surface area (Å²) in [6.45, 7) is -0.168. The Bertz CT molecular complexity index is 1100. The van der Waals surface area contributed by atoms with Crippen LogP contribution < -0.4 is 11.2 Å². The van der Waals surface area contributed by atoms with Gasteiger partial charge in [-0.25, -0.2) is 9.36 Å². The number of nitrogens with zero attached hydrogens (tertiary/aromatic N) is 4. The van der Waals surface area contributed by atoms with E-state index in [1.807, 2.05) is 12.1 Å².